The molecule has 0 fully saturated rings. The van der Waals surface area contributed by atoms with Crippen LogP contribution in [-0.4, -0.2) is 35.5 Å². The largest absolute Gasteiger partial charge is 0.481 e. The van der Waals surface area contributed by atoms with Gasteiger partial charge in [-0.3, -0.25) is 9.59 Å². The maximum Gasteiger partial charge on any atom is 0.305 e. The molecule has 0 aliphatic heterocycles. The lowest BCUT2D eigenvalue weighted by Crippen LogP contribution is -2.28. The molecule has 0 saturated carbocycles. The molecule has 0 radical (unpaired) electrons. The minimum atomic E-state index is -0.869. The molecule has 0 atom stereocenters. The fraction of sp³-hybridized carbons (Fsp3) is 0.750. The molecule has 4 nitrogen and oxygen atoms in total. The maximum absolute atomic E-state index is 11.1. The van der Waals surface area contributed by atoms with E-state index in [2.05, 4.69) is 0 Å². The standard InChI is InChI=1S/C8H15NO3/c1-3-4-7(10)9(2)6-5-8(11)12/h3-6H2,1-2H3,(H,11,12). The van der Waals surface area contributed by atoms with E-state index in [0.29, 0.717) is 13.0 Å². The van der Waals surface area contributed by atoms with Crippen molar-refractivity contribution in [1.29, 1.82) is 0 Å². The van der Waals surface area contributed by atoms with E-state index in [-0.39, 0.29) is 12.3 Å². The summed E-state index contributed by atoms with van der Waals surface area (Å²) in [6.07, 6.45) is 1.32. The van der Waals surface area contributed by atoms with Gasteiger partial charge < -0.3 is 10.0 Å². The zero-order valence-corrected chi connectivity index (χ0v) is 7.54. The summed E-state index contributed by atoms with van der Waals surface area (Å²) in [4.78, 5) is 22.7. The van der Waals surface area contributed by atoms with Crippen LogP contribution in [0.1, 0.15) is 26.2 Å². The number of carbonyl (C=O) groups excluding carboxylic acids is 1. The SMILES string of the molecule is CCCC(=O)N(C)CCC(=O)O. The molecular weight excluding hydrogens is 158 g/mol. The van der Waals surface area contributed by atoms with Crippen LogP contribution in [0.4, 0.5) is 0 Å². The van der Waals surface area contributed by atoms with Crippen molar-refractivity contribution >= 4 is 11.9 Å². The maximum atomic E-state index is 11.1. The Morgan fingerprint density at radius 3 is 2.33 bits per heavy atom. The van der Waals surface area contributed by atoms with Crippen LogP contribution in [-0.2, 0) is 9.59 Å². The van der Waals surface area contributed by atoms with Crippen molar-refractivity contribution in [3.63, 3.8) is 0 Å². The van der Waals surface area contributed by atoms with Gasteiger partial charge in [0.05, 0.1) is 6.42 Å². The van der Waals surface area contributed by atoms with E-state index in [1.54, 1.807) is 7.05 Å². The zero-order chi connectivity index (χ0) is 9.56. The molecule has 0 aliphatic rings. The minimum absolute atomic E-state index is 0.0127. The van der Waals surface area contributed by atoms with Crippen molar-refractivity contribution in [3.05, 3.63) is 0 Å². The number of amides is 1. The average Bonchev–Trinajstić information content (AvgIpc) is 2.00. The van der Waals surface area contributed by atoms with Gasteiger partial charge in [-0.05, 0) is 6.42 Å². The first-order valence-corrected chi connectivity index (χ1v) is 4.03. The first-order chi connectivity index (χ1) is 5.57. The predicted octanol–water partition coefficient (Wildman–Crippen LogP) is 0.720. The van der Waals surface area contributed by atoms with Gasteiger partial charge in [0.25, 0.3) is 0 Å². The van der Waals surface area contributed by atoms with Crippen LogP contribution in [0.3, 0.4) is 0 Å². The van der Waals surface area contributed by atoms with Gasteiger partial charge in [0.2, 0.25) is 5.91 Å². The van der Waals surface area contributed by atoms with Gasteiger partial charge in [0, 0.05) is 20.0 Å². The van der Waals surface area contributed by atoms with E-state index in [0.717, 1.165) is 6.42 Å². The van der Waals surface area contributed by atoms with Crippen LogP contribution < -0.4 is 0 Å². The highest BCUT2D eigenvalue weighted by molar-refractivity contribution is 5.76. The number of rotatable bonds is 5. The van der Waals surface area contributed by atoms with Crippen LogP contribution in [0.5, 0.6) is 0 Å². The third-order valence-electron chi connectivity index (χ3n) is 1.55. The molecule has 0 unspecified atom stereocenters. The molecule has 0 aromatic heterocycles. The Morgan fingerprint density at radius 2 is 1.92 bits per heavy atom. The molecule has 12 heavy (non-hydrogen) atoms. The Bertz CT molecular complexity index is 168. The van der Waals surface area contributed by atoms with E-state index in [1.807, 2.05) is 6.92 Å². The third-order valence-corrected chi connectivity index (χ3v) is 1.55. The Labute approximate surface area is 72.2 Å². The van der Waals surface area contributed by atoms with E-state index in [9.17, 15) is 9.59 Å². The fourth-order valence-corrected chi connectivity index (χ4v) is 0.793. The Hall–Kier alpha value is -1.06. The molecule has 0 saturated heterocycles. The zero-order valence-electron chi connectivity index (χ0n) is 7.54. The lowest BCUT2D eigenvalue weighted by molar-refractivity contribution is -0.138. The number of carbonyl (C=O) groups is 2. The molecule has 0 aromatic carbocycles. The Kier molecular flexibility index (Phi) is 5.08. The van der Waals surface area contributed by atoms with Gasteiger partial charge in [0.1, 0.15) is 0 Å². The first-order valence-electron chi connectivity index (χ1n) is 4.03. The van der Waals surface area contributed by atoms with Crippen molar-refractivity contribution in [2.24, 2.45) is 0 Å². The summed E-state index contributed by atoms with van der Waals surface area (Å²) in [6, 6.07) is 0. The van der Waals surface area contributed by atoms with E-state index in [4.69, 9.17) is 5.11 Å². The highest BCUT2D eigenvalue weighted by Gasteiger charge is 2.08. The minimum Gasteiger partial charge on any atom is -0.481 e. The van der Waals surface area contributed by atoms with Gasteiger partial charge in [-0.2, -0.15) is 0 Å². The highest BCUT2D eigenvalue weighted by Crippen LogP contribution is 1.95. The molecule has 1 amide bonds. The quantitative estimate of drug-likeness (QED) is 0.666. The van der Waals surface area contributed by atoms with Crippen molar-refractivity contribution in [1.82, 2.24) is 4.90 Å². The van der Waals surface area contributed by atoms with Crippen LogP contribution in [0.2, 0.25) is 0 Å². The van der Waals surface area contributed by atoms with Crippen molar-refractivity contribution in [3.8, 4) is 0 Å². The topological polar surface area (TPSA) is 57.6 Å². The summed E-state index contributed by atoms with van der Waals surface area (Å²) in [5, 5.41) is 8.34. The van der Waals surface area contributed by atoms with Crippen molar-refractivity contribution in [2.75, 3.05) is 13.6 Å². The smallest absolute Gasteiger partial charge is 0.305 e. The predicted molar refractivity (Wildman–Crippen MR) is 44.8 cm³/mol. The van der Waals surface area contributed by atoms with E-state index < -0.39 is 5.97 Å². The molecule has 70 valence electrons. The Balaban J connectivity index is 3.63. The summed E-state index contributed by atoms with van der Waals surface area (Å²) >= 11 is 0. The summed E-state index contributed by atoms with van der Waals surface area (Å²) in [5.41, 5.74) is 0. The molecule has 0 aliphatic carbocycles. The molecular formula is C8H15NO3. The Morgan fingerprint density at radius 1 is 1.33 bits per heavy atom. The second-order valence-corrected chi connectivity index (χ2v) is 2.71. The summed E-state index contributed by atoms with van der Waals surface area (Å²) in [7, 11) is 1.63. The lowest BCUT2D eigenvalue weighted by atomic mass is 10.3. The fourth-order valence-electron chi connectivity index (χ4n) is 0.793. The highest BCUT2D eigenvalue weighted by atomic mass is 16.4. The van der Waals surface area contributed by atoms with Gasteiger partial charge >= 0.3 is 5.97 Å². The van der Waals surface area contributed by atoms with Crippen molar-refractivity contribution < 1.29 is 14.7 Å². The molecule has 0 bridgehead atoms. The van der Waals surface area contributed by atoms with E-state index in [1.165, 1.54) is 4.90 Å². The molecule has 0 aromatic rings. The second kappa shape index (κ2) is 5.57. The molecule has 1 N–H and O–H groups in total. The molecule has 0 spiro atoms. The summed E-state index contributed by atoms with van der Waals surface area (Å²) < 4.78 is 0. The van der Waals surface area contributed by atoms with Gasteiger partial charge in [-0.25, -0.2) is 0 Å². The molecule has 0 heterocycles. The van der Waals surface area contributed by atoms with E-state index >= 15 is 0 Å². The first kappa shape index (κ1) is 10.9. The van der Waals surface area contributed by atoms with Crippen molar-refractivity contribution in [2.45, 2.75) is 26.2 Å². The number of carboxylic acids is 1. The van der Waals surface area contributed by atoms with Crippen LogP contribution in [0, 0.1) is 0 Å². The number of hydrogen-bond donors (Lipinski definition) is 1. The molecule has 0 rings (SSSR count). The number of carboxylic acid groups (broad SMARTS) is 1. The normalized spacial score (nSPS) is 9.50. The summed E-state index contributed by atoms with van der Waals surface area (Å²) in [5.74, 6) is -0.857. The number of hydrogen-bond acceptors (Lipinski definition) is 2. The van der Waals surface area contributed by atoms with Gasteiger partial charge in [-0.15, -0.1) is 0 Å². The average molecular weight is 173 g/mol. The van der Waals surface area contributed by atoms with Crippen LogP contribution in [0.15, 0.2) is 0 Å². The number of aliphatic carboxylic acids is 1. The number of nitrogens with zero attached hydrogens (tertiary/aromatic N) is 1. The second-order valence-electron chi connectivity index (χ2n) is 2.71. The van der Waals surface area contributed by atoms with Crippen LogP contribution >= 0.6 is 0 Å². The monoisotopic (exact) mass is 173 g/mol. The lowest BCUT2D eigenvalue weighted by Gasteiger charge is -2.14. The molecule has 4 heteroatoms. The third kappa shape index (κ3) is 4.71. The van der Waals surface area contributed by atoms with Gasteiger partial charge in [-0.1, -0.05) is 6.92 Å². The van der Waals surface area contributed by atoms with Crippen LogP contribution in [0.25, 0.3) is 0 Å². The van der Waals surface area contributed by atoms with Gasteiger partial charge in [0.15, 0.2) is 0 Å². The summed E-state index contributed by atoms with van der Waals surface area (Å²) in [6.45, 7) is 2.22.